The fraction of sp³-hybridized carbons (Fsp3) is 0.818. The summed E-state index contributed by atoms with van der Waals surface area (Å²) in [6.07, 6.45) is 9.52. The Morgan fingerprint density at radius 2 is 1.75 bits per heavy atom. The maximum absolute atomic E-state index is 6.08. The Bertz CT molecular complexity index is 148. The Hall–Kier alpha value is 0.0300. The molecule has 0 saturated heterocycles. The van der Waals surface area contributed by atoms with Gasteiger partial charge in [-0.2, -0.15) is 0 Å². The maximum atomic E-state index is 6.08. The molecule has 1 heteroatoms. The normalized spacial score (nSPS) is 20.7. The molecule has 0 unspecified atom stereocenters. The zero-order chi connectivity index (χ0) is 9.03. The van der Waals surface area contributed by atoms with Gasteiger partial charge in [-0.15, -0.1) is 11.6 Å². The number of halogens is 1. The molecule has 0 nitrogen and oxygen atoms in total. The second-order valence-electron chi connectivity index (χ2n) is 3.89. The van der Waals surface area contributed by atoms with Gasteiger partial charge in [-0.3, -0.25) is 0 Å². The number of hydrogen-bond acceptors (Lipinski definition) is 0. The Morgan fingerprint density at radius 3 is 2.08 bits per heavy atom. The Balaban J connectivity index is 2.65. The highest BCUT2D eigenvalue weighted by Crippen LogP contribution is 2.44. The van der Waals surface area contributed by atoms with Crippen LogP contribution < -0.4 is 0 Å². The van der Waals surface area contributed by atoms with Crippen molar-refractivity contribution < 1.29 is 0 Å². The Kier molecular flexibility index (Phi) is 3.64. The summed E-state index contributed by atoms with van der Waals surface area (Å²) in [6.45, 7) is 4.56. The van der Waals surface area contributed by atoms with E-state index in [9.17, 15) is 0 Å². The third-order valence-electron chi connectivity index (χ3n) is 3.33. The molecule has 0 bridgehead atoms. The number of hydrogen-bond donors (Lipinski definition) is 0. The van der Waals surface area contributed by atoms with Gasteiger partial charge in [0.1, 0.15) is 0 Å². The van der Waals surface area contributed by atoms with Crippen LogP contribution in [0.15, 0.2) is 12.2 Å². The van der Waals surface area contributed by atoms with E-state index in [2.05, 4.69) is 26.0 Å². The second kappa shape index (κ2) is 4.32. The summed E-state index contributed by atoms with van der Waals surface area (Å²) in [5, 5.41) is 0. The summed E-state index contributed by atoms with van der Waals surface area (Å²) < 4.78 is 0. The summed E-state index contributed by atoms with van der Waals surface area (Å²) in [4.78, 5) is 0. The molecule has 0 atom stereocenters. The lowest BCUT2D eigenvalue weighted by molar-refractivity contribution is 0.194. The van der Waals surface area contributed by atoms with Crippen LogP contribution >= 0.6 is 11.6 Å². The largest absolute Gasteiger partial charge is 0.126 e. The molecular formula is C11H19Cl. The number of rotatable bonds is 4. The Morgan fingerprint density at radius 1 is 1.25 bits per heavy atom. The molecule has 0 N–H and O–H groups in total. The number of alkyl halides is 1. The maximum Gasteiger partial charge on any atom is 0.0288 e. The van der Waals surface area contributed by atoms with E-state index in [1.54, 1.807) is 0 Å². The molecule has 0 spiro atoms. The lowest BCUT2D eigenvalue weighted by Gasteiger charge is -2.34. The lowest BCUT2D eigenvalue weighted by Crippen LogP contribution is -2.29. The zero-order valence-electron chi connectivity index (χ0n) is 8.15. The monoisotopic (exact) mass is 186 g/mol. The molecule has 0 aliphatic heterocycles. The van der Waals surface area contributed by atoms with E-state index in [1.165, 1.54) is 25.7 Å². The van der Waals surface area contributed by atoms with Crippen LogP contribution in [0.25, 0.3) is 0 Å². The van der Waals surface area contributed by atoms with Crippen molar-refractivity contribution in [3.63, 3.8) is 0 Å². The summed E-state index contributed by atoms with van der Waals surface area (Å²) >= 11 is 6.08. The highest BCUT2D eigenvalue weighted by atomic mass is 35.5. The minimum Gasteiger partial charge on any atom is -0.126 e. The van der Waals surface area contributed by atoms with Crippen LogP contribution in [0.3, 0.4) is 0 Å². The van der Waals surface area contributed by atoms with Crippen molar-refractivity contribution in [2.24, 2.45) is 11.3 Å². The molecule has 1 aliphatic carbocycles. The van der Waals surface area contributed by atoms with Crippen LogP contribution in [0.5, 0.6) is 0 Å². The van der Waals surface area contributed by atoms with Gasteiger partial charge in [0.2, 0.25) is 0 Å². The molecule has 0 amide bonds. The summed E-state index contributed by atoms with van der Waals surface area (Å²) in [5.41, 5.74) is 0.408. The van der Waals surface area contributed by atoms with Gasteiger partial charge in [0.15, 0.2) is 0 Å². The van der Waals surface area contributed by atoms with Gasteiger partial charge in [-0.25, -0.2) is 0 Å². The molecule has 0 radical (unpaired) electrons. The van der Waals surface area contributed by atoms with Crippen molar-refractivity contribution in [3.8, 4) is 0 Å². The van der Waals surface area contributed by atoms with Crippen LogP contribution in [-0.2, 0) is 0 Å². The minimum absolute atomic E-state index is 0.408. The van der Waals surface area contributed by atoms with E-state index >= 15 is 0 Å². The van der Waals surface area contributed by atoms with Gasteiger partial charge in [-0.1, -0.05) is 38.8 Å². The predicted octanol–water partition coefficient (Wildman–Crippen LogP) is 4.00. The smallest absolute Gasteiger partial charge is 0.0288 e. The summed E-state index contributed by atoms with van der Waals surface area (Å²) in [5.74, 6) is 1.64. The molecule has 0 aromatic heterocycles. The summed E-state index contributed by atoms with van der Waals surface area (Å²) in [7, 11) is 0. The first-order valence-corrected chi connectivity index (χ1v) is 5.53. The van der Waals surface area contributed by atoms with Gasteiger partial charge >= 0.3 is 0 Å². The molecule has 12 heavy (non-hydrogen) atoms. The first-order valence-electron chi connectivity index (χ1n) is 5.00. The third kappa shape index (κ3) is 1.69. The topological polar surface area (TPSA) is 0 Å². The van der Waals surface area contributed by atoms with E-state index in [1.807, 2.05) is 0 Å². The summed E-state index contributed by atoms with van der Waals surface area (Å²) in [6, 6.07) is 0. The van der Waals surface area contributed by atoms with Crippen molar-refractivity contribution in [1.82, 2.24) is 0 Å². The van der Waals surface area contributed by atoms with Gasteiger partial charge in [0, 0.05) is 5.88 Å². The molecule has 1 aliphatic rings. The zero-order valence-corrected chi connectivity index (χ0v) is 8.90. The van der Waals surface area contributed by atoms with Crippen LogP contribution in [0, 0.1) is 11.3 Å². The van der Waals surface area contributed by atoms with Crippen LogP contribution in [0.4, 0.5) is 0 Å². The quantitative estimate of drug-likeness (QED) is 0.460. The van der Waals surface area contributed by atoms with Crippen molar-refractivity contribution in [3.05, 3.63) is 12.2 Å². The SMILES string of the molecule is CCC(CC)C1(CCl)CC=CC1. The van der Waals surface area contributed by atoms with E-state index in [4.69, 9.17) is 11.6 Å². The fourth-order valence-corrected chi connectivity index (χ4v) is 2.86. The average Bonchev–Trinajstić information content (AvgIpc) is 2.56. The number of allylic oxidation sites excluding steroid dienone is 2. The highest BCUT2D eigenvalue weighted by molar-refractivity contribution is 6.18. The van der Waals surface area contributed by atoms with Crippen molar-refractivity contribution in [2.45, 2.75) is 39.5 Å². The van der Waals surface area contributed by atoms with Crippen molar-refractivity contribution in [2.75, 3.05) is 5.88 Å². The van der Waals surface area contributed by atoms with Crippen molar-refractivity contribution in [1.29, 1.82) is 0 Å². The van der Waals surface area contributed by atoms with E-state index in [0.29, 0.717) is 5.41 Å². The van der Waals surface area contributed by atoms with Crippen molar-refractivity contribution >= 4 is 11.6 Å². The van der Waals surface area contributed by atoms with Crippen LogP contribution in [-0.4, -0.2) is 5.88 Å². The van der Waals surface area contributed by atoms with Gasteiger partial charge in [-0.05, 0) is 24.2 Å². The average molecular weight is 187 g/mol. The van der Waals surface area contributed by atoms with Crippen LogP contribution in [0.2, 0.25) is 0 Å². The minimum atomic E-state index is 0.408. The molecule has 0 heterocycles. The lowest BCUT2D eigenvalue weighted by atomic mass is 9.72. The van der Waals surface area contributed by atoms with E-state index in [-0.39, 0.29) is 0 Å². The van der Waals surface area contributed by atoms with Gasteiger partial charge in [0.25, 0.3) is 0 Å². The van der Waals surface area contributed by atoms with E-state index < -0.39 is 0 Å². The first kappa shape index (κ1) is 10.1. The molecule has 1 rings (SSSR count). The predicted molar refractivity (Wildman–Crippen MR) is 55.6 cm³/mol. The second-order valence-corrected chi connectivity index (χ2v) is 4.16. The highest BCUT2D eigenvalue weighted by Gasteiger charge is 2.36. The fourth-order valence-electron chi connectivity index (χ4n) is 2.43. The molecule has 70 valence electrons. The molecule has 0 aromatic carbocycles. The third-order valence-corrected chi connectivity index (χ3v) is 3.87. The molecule has 0 saturated carbocycles. The molecule has 0 aromatic rings. The van der Waals surface area contributed by atoms with Gasteiger partial charge < -0.3 is 0 Å². The first-order chi connectivity index (χ1) is 5.79. The molecule has 0 fully saturated rings. The molecular weight excluding hydrogens is 168 g/mol. The van der Waals surface area contributed by atoms with Gasteiger partial charge in [0.05, 0.1) is 0 Å². The van der Waals surface area contributed by atoms with Crippen LogP contribution in [0.1, 0.15) is 39.5 Å². The Labute approximate surface area is 81.0 Å². The van der Waals surface area contributed by atoms with E-state index in [0.717, 1.165) is 11.8 Å². The standard InChI is InChI=1S/C11H19Cl/c1-3-10(4-2)11(9-12)7-5-6-8-11/h5-6,10H,3-4,7-9H2,1-2H3.